The maximum atomic E-state index is 13.7. The Kier molecular flexibility index (Phi) is 7.06. The molecule has 0 spiro atoms. The van der Waals surface area contributed by atoms with Gasteiger partial charge in [-0.25, -0.2) is 4.39 Å². The summed E-state index contributed by atoms with van der Waals surface area (Å²) >= 11 is 0. The molecule has 3 nitrogen and oxygen atoms in total. The Morgan fingerprint density at radius 3 is 2.33 bits per heavy atom. The average Bonchev–Trinajstić information content (AvgIpc) is 2.77. The van der Waals surface area contributed by atoms with Gasteiger partial charge in [0.05, 0.1) is 6.04 Å². The lowest BCUT2D eigenvalue weighted by atomic mass is 9.91. The minimum absolute atomic E-state index is 0.0676. The van der Waals surface area contributed by atoms with Gasteiger partial charge in [-0.2, -0.15) is 0 Å². The Balaban J connectivity index is 1.65. The third-order valence-corrected chi connectivity index (χ3v) is 6.74. The van der Waals surface area contributed by atoms with Gasteiger partial charge < -0.3 is 0 Å². The van der Waals surface area contributed by atoms with Gasteiger partial charge in [0.2, 0.25) is 0 Å². The van der Waals surface area contributed by atoms with Crippen LogP contribution in [0.25, 0.3) is 0 Å². The molecule has 0 saturated carbocycles. The van der Waals surface area contributed by atoms with Gasteiger partial charge in [-0.15, -0.1) is 0 Å². The molecule has 4 heteroatoms. The highest BCUT2D eigenvalue weighted by atomic mass is 19.1. The number of hydrogen-bond donors (Lipinski definition) is 0. The SMILES string of the molecule is CC(=O)c1cccc(C(c2cccc(C)c2)N2C[C@@H](C)N(Cc3cccc(F)c3)C[C@@H]2C)c1. The summed E-state index contributed by atoms with van der Waals surface area (Å²) < 4.78 is 13.7. The molecule has 3 aromatic carbocycles. The first-order chi connectivity index (χ1) is 15.8. The number of aryl methyl sites for hydroxylation is 1. The van der Waals surface area contributed by atoms with Crippen molar-refractivity contribution in [1.82, 2.24) is 9.80 Å². The Morgan fingerprint density at radius 2 is 1.64 bits per heavy atom. The number of halogens is 1. The van der Waals surface area contributed by atoms with Crippen molar-refractivity contribution < 1.29 is 9.18 Å². The number of rotatable bonds is 6. The molecule has 1 heterocycles. The highest BCUT2D eigenvalue weighted by molar-refractivity contribution is 5.94. The molecule has 1 saturated heterocycles. The standard InChI is InChI=1S/C29H33FN2O/c1-20-8-5-11-26(14-20)29(27-12-7-10-25(16-27)23(4)33)32-18-21(2)31(17-22(32)3)19-24-9-6-13-28(30)15-24/h5-16,21-22,29H,17-19H2,1-4H3/t21-,22+,29?/m1/s1. The molecule has 0 radical (unpaired) electrons. The molecule has 1 unspecified atom stereocenters. The zero-order valence-electron chi connectivity index (χ0n) is 20.0. The Bertz CT molecular complexity index is 1130. The van der Waals surface area contributed by atoms with Crippen LogP contribution in [0.2, 0.25) is 0 Å². The molecule has 1 aliphatic rings. The number of carbonyl (C=O) groups excluding carboxylic acids is 1. The van der Waals surface area contributed by atoms with Gasteiger partial charge in [0, 0.05) is 37.3 Å². The van der Waals surface area contributed by atoms with Crippen molar-refractivity contribution in [3.05, 3.63) is 106 Å². The van der Waals surface area contributed by atoms with Crippen LogP contribution >= 0.6 is 0 Å². The van der Waals surface area contributed by atoms with Gasteiger partial charge in [0.15, 0.2) is 5.78 Å². The van der Waals surface area contributed by atoms with Gasteiger partial charge in [0.1, 0.15) is 5.82 Å². The largest absolute Gasteiger partial charge is 0.295 e. The van der Waals surface area contributed by atoms with E-state index >= 15 is 0 Å². The lowest BCUT2D eigenvalue weighted by Crippen LogP contribution is -2.56. The number of piperazine rings is 1. The molecular formula is C29H33FN2O. The predicted octanol–water partition coefficient (Wildman–Crippen LogP) is 6.02. The predicted molar refractivity (Wildman–Crippen MR) is 132 cm³/mol. The van der Waals surface area contributed by atoms with E-state index in [9.17, 15) is 9.18 Å². The minimum atomic E-state index is -0.184. The van der Waals surface area contributed by atoms with Crippen molar-refractivity contribution in [2.24, 2.45) is 0 Å². The number of Topliss-reactive ketones (excluding diaryl/α,β-unsaturated/α-hetero) is 1. The van der Waals surface area contributed by atoms with Crippen molar-refractivity contribution in [2.45, 2.75) is 52.4 Å². The molecule has 0 bridgehead atoms. The highest BCUT2D eigenvalue weighted by Gasteiger charge is 2.35. The summed E-state index contributed by atoms with van der Waals surface area (Å²) in [6, 6.07) is 24.3. The van der Waals surface area contributed by atoms with Crippen LogP contribution in [-0.2, 0) is 6.54 Å². The van der Waals surface area contributed by atoms with Gasteiger partial charge >= 0.3 is 0 Å². The lowest BCUT2D eigenvalue weighted by Gasteiger charge is -2.48. The van der Waals surface area contributed by atoms with E-state index in [0.29, 0.717) is 12.1 Å². The van der Waals surface area contributed by atoms with Crippen LogP contribution in [0, 0.1) is 12.7 Å². The Hall–Kier alpha value is -2.82. The van der Waals surface area contributed by atoms with Gasteiger partial charge in [-0.05, 0) is 62.6 Å². The second-order valence-electron chi connectivity index (χ2n) is 9.45. The molecule has 1 aliphatic heterocycles. The topological polar surface area (TPSA) is 23.6 Å². The molecule has 0 amide bonds. The number of ketones is 1. The summed E-state index contributed by atoms with van der Waals surface area (Å²) in [6.07, 6.45) is 0. The number of hydrogen-bond acceptors (Lipinski definition) is 3. The highest BCUT2D eigenvalue weighted by Crippen LogP contribution is 2.34. The van der Waals surface area contributed by atoms with Crippen LogP contribution in [0.3, 0.4) is 0 Å². The van der Waals surface area contributed by atoms with Crippen LogP contribution in [0.1, 0.15) is 59.4 Å². The summed E-state index contributed by atoms with van der Waals surface area (Å²) in [6.45, 7) is 10.8. The summed E-state index contributed by atoms with van der Waals surface area (Å²) in [4.78, 5) is 17.1. The zero-order valence-corrected chi connectivity index (χ0v) is 20.0. The summed E-state index contributed by atoms with van der Waals surface area (Å²) in [5.74, 6) is -0.0992. The second kappa shape index (κ2) is 9.98. The van der Waals surface area contributed by atoms with Crippen molar-refractivity contribution in [3.8, 4) is 0 Å². The van der Waals surface area contributed by atoms with Gasteiger partial charge in [-0.3, -0.25) is 14.6 Å². The van der Waals surface area contributed by atoms with Crippen molar-refractivity contribution in [3.63, 3.8) is 0 Å². The molecule has 3 atom stereocenters. The number of carbonyl (C=O) groups is 1. The number of nitrogens with zero attached hydrogens (tertiary/aromatic N) is 2. The monoisotopic (exact) mass is 444 g/mol. The van der Waals surface area contributed by atoms with Crippen LogP contribution in [0.4, 0.5) is 4.39 Å². The van der Waals surface area contributed by atoms with Crippen LogP contribution in [0.5, 0.6) is 0 Å². The molecule has 0 aromatic heterocycles. The third-order valence-electron chi connectivity index (χ3n) is 6.74. The first-order valence-electron chi connectivity index (χ1n) is 11.7. The maximum Gasteiger partial charge on any atom is 0.159 e. The average molecular weight is 445 g/mol. The van der Waals surface area contributed by atoms with Crippen LogP contribution < -0.4 is 0 Å². The summed E-state index contributed by atoms with van der Waals surface area (Å²) in [5.41, 5.74) is 5.37. The van der Waals surface area contributed by atoms with E-state index in [1.54, 1.807) is 19.1 Å². The van der Waals surface area contributed by atoms with E-state index < -0.39 is 0 Å². The fraction of sp³-hybridized carbons (Fsp3) is 0.345. The van der Waals surface area contributed by atoms with Crippen molar-refractivity contribution >= 4 is 5.78 Å². The minimum Gasteiger partial charge on any atom is -0.295 e. The molecule has 1 fully saturated rings. The zero-order chi connectivity index (χ0) is 23.5. The van der Waals surface area contributed by atoms with E-state index in [1.807, 2.05) is 24.3 Å². The Morgan fingerprint density at radius 1 is 0.939 bits per heavy atom. The van der Waals surface area contributed by atoms with E-state index in [1.165, 1.54) is 17.2 Å². The molecule has 0 N–H and O–H groups in total. The molecular weight excluding hydrogens is 411 g/mol. The first kappa shape index (κ1) is 23.3. The van der Waals surface area contributed by atoms with E-state index in [4.69, 9.17) is 0 Å². The fourth-order valence-corrected chi connectivity index (χ4v) is 5.02. The second-order valence-corrected chi connectivity index (χ2v) is 9.45. The maximum absolute atomic E-state index is 13.7. The fourth-order valence-electron chi connectivity index (χ4n) is 5.02. The normalized spacial score (nSPS) is 20.5. The molecule has 4 rings (SSSR count). The van der Waals surface area contributed by atoms with Crippen LogP contribution in [-0.4, -0.2) is 40.8 Å². The molecule has 0 aliphatic carbocycles. The van der Waals surface area contributed by atoms with E-state index in [-0.39, 0.29) is 17.6 Å². The smallest absolute Gasteiger partial charge is 0.159 e. The lowest BCUT2D eigenvalue weighted by molar-refractivity contribution is 0.0195. The number of benzene rings is 3. The molecule has 172 valence electrons. The van der Waals surface area contributed by atoms with Gasteiger partial charge in [0.25, 0.3) is 0 Å². The van der Waals surface area contributed by atoms with E-state index in [0.717, 1.165) is 36.3 Å². The summed E-state index contributed by atoms with van der Waals surface area (Å²) in [5, 5.41) is 0. The van der Waals surface area contributed by atoms with Crippen LogP contribution in [0.15, 0.2) is 72.8 Å². The van der Waals surface area contributed by atoms with E-state index in [2.05, 4.69) is 60.9 Å². The first-order valence-corrected chi connectivity index (χ1v) is 11.7. The Labute approximate surface area is 196 Å². The van der Waals surface area contributed by atoms with Crippen molar-refractivity contribution in [1.29, 1.82) is 0 Å². The quantitative estimate of drug-likeness (QED) is 0.434. The third kappa shape index (κ3) is 5.40. The molecule has 33 heavy (non-hydrogen) atoms. The van der Waals surface area contributed by atoms with Crippen molar-refractivity contribution in [2.75, 3.05) is 13.1 Å². The van der Waals surface area contributed by atoms with Gasteiger partial charge in [-0.1, -0.05) is 60.2 Å². The summed E-state index contributed by atoms with van der Waals surface area (Å²) in [7, 11) is 0. The molecule has 3 aromatic rings.